The molecule has 3 nitrogen and oxygen atoms in total. The van der Waals surface area contributed by atoms with Gasteiger partial charge in [0.2, 0.25) is 0 Å². The molecule has 0 unspecified atom stereocenters. The summed E-state index contributed by atoms with van der Waals surface area (Å²) in [6.45, 7) is 8.19. The molecule has 1 saturated heterocycles. The van der Waals surface area contributed by atoms with Crippen molar-refractivity contribution in [1.29, 1.82) is 0 Å². The molecule has 1 aliphatic heterocycles. The first-order valence-electron chi connectivity index (χ1n) is 5.33. The third kappa shape index (κ3) is 3.63. The molecule has 1 aliphatic rings. The quantitative estimate of drug-likeness (QED) is 0.639. The summed E-state index contributed by atoms with van der Waals surface area (Å²) in [4.78, 5) is 4.87. The van der Waals surface area contributed by atoms with Crippen molar-refractivity contribution in [3.05, 3.63) is 0 Å². The van der Waals surface area contributed by atoms with Crippen LogP contribution in [-0.2, 0) is 0 Å². The number of likely N-dealkylation sites (N-methyl/N-ethyl adjacent to an activating group) is 2. The lowest BCUT2D eigenvalue weighted by atomic mass is 10.1. The molecule has 3 heteroatoms. The first-order valence-corrected chi connectivity index (χ1v) is 5.33. The van der Waals surface area contributed by atoms with E-state index in [-0.39, 0.29) is 0 Å². The maximum Gasteiger partial charge on any atom is 0.0342 e. The first-order chi connectivity index (χ1) is 6.24. The van der Waals surface area contributed by atoms with Crippen LogP contribution in [0.1, 0.15) is 13.3 Å². The van der Waals surface area contributed by atoms with Gasteiger partial charge in [-0.25, -0.2) is 0 Å². The van der Waals surface area contributed by atoms with E-state index in [4.69, 9.17) is 0 Å². The molecule has 1 rings (SSSR count). The Morgan fingerprint density at radius 3 is 2.31 bits per heavy atom. The molecule has 0 aliphatic carbocycles. The summed E-state index contributed by atoms with van der Waals surface area (Å²) in [5, 5.41) is 3.30. The highest BCUT2D eigenvalue weighted by Gasteiger charge is 2.20. The monoisotopic (exact) mass is 185 g/mol. The zero-order valence-electron chi connectivity index (χ0n) is 9.21. The Bertz CT molecular complexity index is 134. The van der Waals surface area contributed by atoms with Crippen LogP contribution in [0.3, 0.4) is 0 Å². The van der Waals surface area contributed by atoms with Crippen molar-refractivity contribution in [1.82, 2.24) is 15.1 Å². The Morgan fingerprint density at radius 2 is 1.85 bits per heavy atom. The second kappa shape index (κ2) is 5.58. The van der Waals surface area contributed by atoms with E-state index in [0.29, 0.717) is 0 Å². The van der Waals surface area contributed by atoms with Crippen LogP contribution < -0.4 is 5.32 Å². The predicted octanol–water partition coefficient (Wildman–Crippen LogP) is 0.232. The highest BCUT2D eigenvalue weighted by atomic mass is 15.2. The Kier molecular flexibility index (Phi) is 4.70. The fourth-order valence-electron chi connectivity index (χ4n) is 1.59. The molecule has 1 heterocycles. The minimum Gasteiger partial charge on any atom is -0.314 e. The highest BCUT2D eigenvalue weighted by Crippen LogP contribution is 2.01. The molecule has 0 atom stereocenters. The number of nitrogens with one attached hydrogen (secondary N) is 1. The molecule has 0 bridgehead atoms. The summed E-state index contributed by atoms with van der Waals surface area (Å²) in [5.74, 6) is 0. The first kappa shape index (κ1) is 11.0. The van der Waals surface area contributed by atoms with Gasteiger partial charge in [-0.1, -0.05) is 6.92 Å². The van der Waals surface area contributed by atoms with Gasteiger partial charge in [-0.15, -0.1) is 0 Å². The molecule has 78 valence electrons. The SMILES string of the molecule is CCCN(C)CCN(C)C1CNC1. The van der Waals surface area contributed by atoms with Crippen molar-refractivity contribution >= 4 is 0 Å². The van der Waals surface area contributed by atoms with Gasteiger partial charge in [-0.05, 0) is 27.1 Å². The van der Waals surface area contributed by atoms with E-state index >= 15 is 0 Å². The summed E-state index contributed by atoms with van der Waals surface area (Å²) in [6, 6.07) is 0.787. The Labute approximate surface area is 82.1 Å². The van der Waals surface area contributed by atoms with E-state index in [9.17, 15) is 0 Å². The molecule has 0 saturated carbocycles. The summed E-state index contributed by atoms with van der Waals surface area (Å²) in [5.41, 5.74) is 0. The van der Waals surface area contributed by atoms with E-state index in [1.807, 2.05) is 0 Å². The molecular formula is C10H23N3. The van der Waals surface area contributed by atoms with Gasteiger partial charge in [-0.2, -0.15) is 0 Å². The second-order valence-corrected chi connectivity index (χ2v) is 4.10. The van der Waals surface area contributed by atoms with Gasteiger partial charge in [0, 0.05) is 32.2 Å². The number of nitrogens with zero attached hydrogens (tertiary/aromatic N) is 2. The zero-order chi connectivity index (χ0) is 9.68. The van der Waals surface area contributed by atoms with E-state index in [1.165, 1.54) is 39.1 Å². The molecule has 0 aromatic heterocycles. The fraction of sp³-hybridized carbons (Fsp3) is 1.00. The fourth-order valence-corrected chi connectivity index (χ4v) is 1.59. The smallest absolute Gasteiger partial charge is 0.0342 e. The molecule has 0 aromatic rings. The third-order valence-corrected chi connectivity index (χ3v) is 2.82. The van der Waals surface area contributed by atoms with Crippen molar-refractivity contribution in [2.45, 2.75) is 19.4 Å². The van der Waals surface area contributed by atoms with Gasteiger partial charge in [0.15, 0.2) is 0 Å². The van der Waals surface area contributed by atoms with Crippen molar-refractivity contribution < 1.29 is 0 Å². The normalized spacial score (nSPS) is 18.2. The summed E-state index contributed by atoms with van der Waals surface area (Å²) >= 11 is 0. The van der Waals surface area contributed by atoms with E-state index in [2.05, 4.69) is 36.1 Å². The lowest BCUT2D eigenvalue weighted by Crippen LogP contribution is -2.56. The largest absolute Gasteiger partial charge is 0.314 e. The maximum absolute atomic E-state index is 3.30. The summed E-state index contributed by atoms with van der Waals surface area (Å²) < 4.78 is 0. The average molecular weight is 185 g/mol. The van der Waals surface area contributed by atoms with Gasteiger partial charge in [0.25, 0.3) is 0 Å². The van der Waals surface area contributed by atoms with Crippen LogP contribution in [0.4, 0.5) is 0 Å². The molecule has 0 spiro atoms. The van der Waals surface area contributed by atoms with Crippen LogP contribution in [0.15, 0.2) is 0 Å². The van der Waals surface area contributed by atoms with Gasteiger partial charge in [0.05, 0.1) is 0 Å². The van der Waals surface area contributed by atoms with Crippen molar-refractivity contribution in [2.24, 2.45) is 0 Å². The molecule has 1 fully saturated rings. The molecule has 0 amide bonds. The van der Waals surface area contributed by atoms with Crippen LogP contribution in [0, 0.1) is 0 Å². The number of hydrogen-bond donors (Lipinski definition) is 1. The van der Waals surface area contributed by atoms with E-state index in [0.717, 1.165) is 6.04 Å². The Hall–Kier alpha value is -0.120. The lowest BCUT2D eigenvalue weighted by Gasteiger charge is -2.36. The van der Waals surface area contributed by atoms with Gasteiger partial charge < -0.3 is 10.2 Å². The highest BCUT2D eigenvalue weighted by molar-refractivity contribution is 4.82. The van der Waals surface area contributed by atoms with E-state index in [1.54, 1.807) is 0 Å². The average Bonchev–Trinajstić information content (AvgIpc) is 1.98. The Morgan fingerprint density at radius 1 is 1.15 bits per heavy atom. The predicted molar refractivity (Wildman–Crippen MR) is 57.1 cm³/mol. The molecule has 0 aromatic carbocycles. The second-order valence-electron chi connectivity index (χ2n) is 4.10. The molecule has 13 heavy (non-hydrogen) atoms. The van der Waals surface area contributed by atoms with Crippen LogP contribution in [0.2, 0.25) is 0 Å². The topological polar surface area (TPSA) is 18.5 Å². The van der Waals surface area contributed by atoms with Gasteiger partial charge in [0.1, 0.15) is 0 Å². The van der Waals surface area contributed by atoms with E-state index < -0.39 is 0 Å². The third-order valence-electron chi connectivity index (χ3n) is 2.82. The minimum absolute atomic E-state index is 0.787. The number of rotatable bonds is 6. The Balaban J connectivity index is 2.03. The van der Waals surface area contributed by atoms with Crippen LogP contribution in [-0.4, -0.2) is 62.7 Å². The van der Waals surface area contributed by atoms with Crippen molar-refractivity contribution in [3.8, 4) is 0 Å². The van der Waals surface area contributed by atoms with Crippen LogP contribution in [0.25, 0.3) is 0 Å². The van der Waals surface area contributed by atoms with Crippen molar-refractivity contribution in [2.75, 3.05) is 46.8 Å². The lowest BCUT2D eigenvalue weighted by molar-refractivity contribution is 0.160. The van der Waals surface area contributed by atoms with Crippen LogP contribution in [0.5, 0.6) is 0 Å². The van der Waals surface area contributed by atoms with Crippen molar-refractivity contribution in [3.63, 3.8) is 0 Å². The van der Waals surface area contributed by atoms with Gasteiger partial charge >= 0.3 is 0 Å². The van der Waals surface area contributed by atoms with Crippen LogP contribution >= 0.6 is 0 Å². The maximum atomic E-state index is 3.30. The minimum atomic E-state index is 0.787. The number of hydrogen-bond acceptors (Lipinski definition) is 3. The van der Waals surface area contributed by atoms with Gasteiger partial charge in [-0.3, -0.25) is 4.90 Å². The molecular weight excluding hydrogens is 162 g/mol. The zero-order valence-corrected chi connectivity index (χ0v) is 9.21. The molecule has 0 radical (unpaired) electrons. The summed E-state index contributed by atoms with van der Waals surface area (Å²) in [6.07, 6.45) is 1.26. The molecule has 1 N–H and O–H groups in total. The standard InChI is InChI=1S/C10H23N3/c1-4-5-12(2)6-7-13(3)10-8-11-9-10/h10-11H,4-9H2,1-3H3. The summed E-state index contributed by atoms with van der Waals surface area (Å²) in [7, 11) is 4.43.